The number of hydrogen-bond donors (Lipinski definition) is 2. The van der Waals surface area contributed by atoms with Gasteiger partial charge in [0.1, 0.15) is 0 Å². The van der Waals surface area contributed by atoms with E-state index in [9.17, 15) is 8.42 Å². The maximum Gasteiger partial charge on any atom is 0.188 e. The van der Waals surface area contributed by atoms with E-state index in [4.69, 9.17) is 5.73 Å². The molecule has 0 amide bonds. The first-order valence-corrected chi connectivity index (χ1v) is 8.33. The van der Waals surface area contributed by atoms with Gasteiger partial charge in [-0.1, -0.05) is 26.2 Å². The zero-order valence-electron chi connectivity index (χ0n) is 12.0. The summed E-state index contributed by atoms with van der Waals surface area (Å²) in [5, 5.41) is 3.00. The number of nitrogens with zero attached hydrogens (tertiary/aromatic N) is 1. The van der Waals surface area contributed by atoms with E-state index in [0.717, 1.165) is 13.0 Å². The first-order chi connectivity index (χ1) is 8.20. The van der Waals surface area contributed by atoms with Crippen LogP contribution in [0, 0.1) is 0 Å². The molecule has 0 atom stereocenters. The molecule has 0 aromatic carbocycles. The molecule has 0 aromatic heterocycles. The average Bonchev–Trinajstić information content (AvgIpc) is 2.24. The van der Waals surface area contributed by atoms with Crippen molar-refractivity contribution in [3.05, 3.63) is 0 Å². The lowest BCUT2D eigenvalue weighted by Gasteiger charge is -2.20. The number of guanidine groups is 1. The van der Waals surface area contributed by atoms with Crippen LogP contribution in [0.4, 0.5) is 0 Å². The number of nitrogens with two attached hydrogens (primary N) is 1. The summed E-state index contributed by atoms with van der Waals surface area (Å²) in [5.74, 6) is 0.322. The maximum atomic E-state index is 11.5. The highest BCUT2D eigenvalue weighted by Crippen LogP contribution is 2.14. The molecule has 0 rings (SSSR count). The Kier molecular flexibility index (Phi) is 7.28. The van der Waals surface area contributed by atoms with Crippen molar-refractivity contribution in [2.45, 2.75) is 51.2 Å². The van der Waals surface area contributed by atoms with Gasteiger partial charge >= 0.3 is 0 Å². The minimum Gasteiger partial charge on any atom is -0.370 e. The van der Waals surface area contributed by atoms with Crippen LogP contribution in [-0.2, 0) is 9.84 Å². The van der Waals surface area contributed by atoms with Gasteiger partial charge in [-0.15, -0.1) is 0 Å². The monoisotopic (exact) mass is 277 g/mol. The van der Waals surface area contributed by atoms with Gasteiger partial charge in [-0.3, -0.25) is 4.99 Å². The van der Waals surface area contributed by atoms with Crippen LogP contribution in [-0.4, -0.2) is 38.5 Å². The SMILES string of the molecule is CCCCCCNC(N)=NCC(C)(C)S(C)(=O)=O. The molecule has 0 aliphatic rings. The molecule has 0 spiro atoms. The summed E-state index contributed by atoms with van der Waals surface area (Å²) in [6.07, 6.45) is 5.87. The van der Waals surface area contributed by atoms with Crippen molar-refractivity contribution in [1.29, 1.82) is 0 Å². The second kappa shape index (κ2) is 7.61. The van der Waals surface area contributed by atoms with Gasteiger partial charge in [0.15, 0.2) is 15.8 Å². The van der Waals surface area contributed by atoms with Crippen molar-refractivity contribution >= 4 is 15.8 Å². The molecule has 0 aliphatic carbocycles. The fourth-order valence-corrected chi connectivity index (χ4v) is 1.52. The molecule has 0 saturated heterocycles. The summed E-state index contributed by atoms with van der Waals surface area (Å²) in [5.41, 5.74) is 5.68. The number of unbranched alkanes of at least 4 members (excludes halogenated alkanes) is 3. The Bertz CT molecular complexity index is 362. The molecular formula is C12H27N3O2S. The van der Waals surface area contributed by atoms with Crippen LogP contribution in [0.25, 0.3) is 0 Å². The van der Waals surface area contributed by atoms with Crippen LogP contribution in [0.2, 0.25) is 0 Å². The Labute approximate surface area is 111 Å². The van der Waals surface area contributed by atoms with Gasteiger partial charge in [-0.2, -0.15) is 0 Å². The first-order valence-electron chi connectivity index (χ1n) is 6.44. The predicted octanol–water partition coefficient (Wildman–Crippen LogP) is 1.29. The van der Waals surface area contributed by atoms with Gasteiger partial charge in [-0.25, -0.2) is 8.42 Å². The molecule has 6 heteroatoms. The third-order valence-electron chi connectivity index (χ3n) is 2.97. The van der Waals surface area contributed by atoms with E-state index in [2.05, 4.69) is 17.2 Å². The fraction of sp³-hybridized carbons (Fsp3) is 0.917. The third kappa shape index (κ3) is 6.83. The number of nitrogens with one attached hydrogen (secondary N) is 1. The van der Waals surface area contributed by atoms with E-state index in [1.807, 2.05) is 0 Å². The molecule has 3 N–H and O–H groups in total. The zero-order chi connectivity index (χ0) is 14.2. The van der Waals surface area contributed by atoms with Crippen molar-refractivity contribution in [3.63, 3.8) is 0 Å². The number of rotatable bonds is 8. The quantitative estimate of drug-likeness (QED) is 0.398. The van der Waals surface area contributed by atoms with Gasteiger partial charge in [0.05, 0.1) is 11.3 Å². The van der Waals surface area contributed by atoms with Crippen LogP contribution in [0.5, 0.6) is 0 Å². The van der Waals surface area contributed by atoms with Crippen LogP contribution in [0.1, 0.15) is 46.5 Å². The van der Waals surface area contributed by atoms with Gasteiger partial charge in [0.25, 0.3) is 0 Å². The van der Waals surface area contributed by atoms with Crippen molar-refractivity contribution in [2.75, 3.05) is 19.3 Å². The molecule has 18 heavy (non-hydrogen) atoms. The van der Waals surface area contributed by atoms with E-state index in [1.165, 1.54) is 25.5 Å². The molecule has 0 saturated carbocycles. The minimum absolute atomic E-state index is 0.180. The fourth-order valence-electron chi connectivity index (χ4n) is 1.22. The highest BCUT2D eigenvalue weighted by molar-refractivity contribution is 7.92. The van der Waals surface area contributed by atoms with Crippen LogP contribution >= 0.6 is 0 Å². The molecule has 0 aromatic rings. The van der Waals surface area contributed by atoms with E-state index in [1.54, 1.807) is 13.8 Å². The van der Waals surface area contributed by atoms with Crippen molar-refractivity contribution in [3.8, 4) is 0 Å². The van der Waals surface area contributed by atoms with Gasteiger partial charge in [0, 0.05) is 12.8 Å². The number of hydrogen-bond acceptors (Lipinski definition) is 3. The lowest BCUT2D eigenvalue weighted by molar-refractivity contribution is 0.555. The van der Waals surface area contributed by atoms with Crippen molar-refractivity contribution in [2.24, 2.45) is 10.7 Å². The standard InChI is InChI=1S/C12H27N3O2S/c1-5-6-7-8-9-14-11(13)15-10-12(2,3)18(4,16)17/h5-10H2,1-4H3,(H3,13,14,15). The summed E-state index contributed by atoms with van der Waals surface area (Å²) >= 11 is 0. The Hall–Kier alpha value is -0.780. The zero-order valence-corrected chi connectivity index (χ0v) is 12.8. The topological polar surface area (TPSA) is 84.5 Å². The third-order valence-corrected chi connectivity index (χ3v) is 5.11. The first kappa shape index (κ1) is 17.2. The predicted molar refractivity (Wildman–Crippen MR) is 77.6 cm³/mol. The lowest BCUT2D eigenvalue weighted by atomic mass is 10.2. The second-order valence-electron chi connectivity index (χ2n) is 5.22. The molecule has 0 aliphatic heterocycles. The maximum absolute atomic E-state index is 11.5. The van der Waals surface area contributed by atoms with Gasteiger partial charge in [0.2, 0.25) is 0 Å². The van der Waals surface area contributed by atoms with Crippen LogP contribution in [0.15, 0.2) is 4.99 Å². The Morgan fingerprint density at radius 1 is 1.28 bits per heavy atom. The molecule has 0 heterocycles. The second-order valence-corrected chi connectivity index (χ2v) is 7.87. The van der Waals surface area contributed by atoms with E-state index in [0.29, 0.717) is 5.96 Å². The molecule has 108 valence electrons. The van der Waals surface area contributed by atoms with Crippen molar-refractivity contribution in [1.82, 2.24) is 5.32 Å². The molecule has 0 fully saturated rings. The largest absolute Gasteiger partial charge is 0.370 e. The molecular weight excluding hydrogens is 250 g/mol. The molecule has 0 unspecified atom stereocenters. The van der Waals surface area contributed by atoms with Crippen molar-refractivity contribution < 1.29 is 8.42 Å². The van der Waals surface area contributed by atoms with Crippen LogP contribution in [0.3, 0.4) is 0 Å². The Morgan fingerprint density at radius 3 is 2.39 bits per heavy atom. The van der Waals surface area contributed by atoms with Gasteiger partial charge in [-0.05, 0) is 20.3 Å². The number of aliphatic imine (C=N–C) groups is 1. The van der Waals surface area contributed by atoms with E-state index < -0.39 is 14.6 Å². The molecule has 0 bridgehead atoms. The lowest BCUT2D eigenvalue weighted by Crippen LogP contribution is -2.38. The highest BCUT2D eigenvalue weighted by atomic mass is 32.2. The molecule has 5 nitrogen and oxygen atoms in total. The summed E-state index contributed by atoms with van der Waals surface area (Å²) in [7, 11) is -3.12. The minimum atomic E-state index is -3.12. The molecule has 0 radical (unpaired) electrons. The highest BCUT2D eigenvalue weighted by Gasteiger charge is 2.29. The van der Waals surface area contributed by atoms with Gasteiger partial charge < -0.3 is 11.1 Å². The summed E-state index contributed by atoms with van der Waals surface area (Å²) < 4.78 is 22.1. The normalized spacial score (nSPS) is 13.7. The Morgan fingerprint density at radius 2 is 1.89 bits per heavy atom. The van der Waals surface area contributed by atoms with Crippen LogP contribution < -0.4 is 11.1 Å². The smallest absolute Gasteiger partial charge is 0.188 e. The summed E-state index contributed by atoms with van der Waals surface area (Å²) in [6.45, 7) is 6.44. The number of sulfone groups is 1. The summed E-state index contributed by atoms with van der Waals surface area (Å²) in [4.78, 5) is 4.08. The average molecular weight is 277 g/mol. The summed E-state index contributed by atoms with van der Waals surface area (Å²) in [6, 6.07) is 0. The Balaban J connectivity index is 4.05. The van der Waals surface area contributed by atoms with E-state index in [-0.39, 0.29) is 6.54 Å². The van der Waals surface area contributed by atoms with E-state index >= 15 is 0 Å².